The van der Waals surface area contributed by atoms with Crippen molar-refractivity contribution in [3.63, 3.8) is 0 Å². The van der Waals surface area contributed by atoms with Gasteiger partial charge in [0, 0.05) is 30.5 Å². The first-order valence-electron chi connectivity index (χ1n) is 5.88. The first-order chi connectivity index (χ1) is 8.66. The van der Waals surface area contributed by atoms with Crippen molar-refractivity contribution in [2.24, 2.45) is 0 Å². The maximum absolute atomic E-state index is 11.6. The number of nitrogens with zero attached hydrogens (tertiary/aromatic N) is 2. The third-order valence-corrected chi connectivity index (χ3v) is 3.68. The highest BCUT2D eigenvalue weighted by atomic mass is 32.1. The van der Waals surface area contributed by atoms with Crippen molar-refractivity contribution in [3.05, 3.63) is 34.0 Å². The normalized spacial score (nSPS) is 10.8. The van der Waals surface area contributed by atoms with E-state index in [0.29, 0.717) is 18.0 Å². The lowest BCUT2D eigenvalue weighted by Gasteiger charge is -2.01. The molecule has 1 amide bonds. The van der Waals surface area contributed by atoms with Crippen LogP contribution in [-0.2, 0) is 6.42 Å². The monoisotopic (exact) mass is 264 g/mol. The molecule has 0 saturated carbocycles. The van der Waals surface area contributed by atoms with E-state index in [0.717, 1.165) is 17.1 Å². The first-order valence-corrected chi connectivity index (χ1v) is 6.76. The average molecular weight is 264 g/mol. The molecule has 6 heteroatoms. The standard InChI is InChI=1S/C12H16N4OS/c1-8(2)12-16-10(7-18-12)3-4-13-11(17)9-5-14-15-6-9/h5-8H,3-4H2,1-2H3,(H,13,17)(H,14,15). The van der Waals surface area contributed by atoms with Crippen molar-refractivity contribution in [2.75, 3.05) is 6.54 Å². The summed E-state index contributed by atoms with van der Waals surface area (Å²) in [6.45, 7) is 4.85. The topological polar surface area (TPSA) is 70.7 Å². The Morgan fingerprint density at radius 2 is 2.39 bits per heavy atom. The van der Waals surface area contributed by atoms with E-state index in [9.17, 15) is 4.79 Å². The zero-order valence-corrected chi connectivity index (χ0v) is 11.3. The Hall–Kier alpha value is -1.69. The Labute approximate surface area is 110 Å². The molecule has 96 valence electrons. The van der Waals surface area contributed by atoms with E-state index in [4.69, 9.17) is 0 Å². The Morgan fingerprint density at radius 1 is 1.56 bits per heavy atom. The van der Waals surface area contributed by atoms with Gasteiger partial charge < -0.3 is 5.32 Å². The van der Waals surface area contributed by atoms with Gasteiger partial charge in [-0.2, -0.15) is 5.10 Å². The summed E-state index contributed by atoms with van der Waals surface area (Å²) in [6.07, 6.45) is 3.84. The summed E-state index contributed by atoms with van der Waals surface area (Å²) < 4.78 is 0. The van der Waals surface area contributed by atoms with Gasteiger partial charge in [-0.15, -0.1) is 11.3 Å². The third-order valence-electron chi connectivity index (χ3n) is 2.49. The summed E-state index contributed by atoms with van der Waals surface area (Å²) in [5.41, 5.74) is 1.59. The number of amides is 1. The molecule has 2 aromatic heterocycles. The Balaban J connectivity index is 1.79. The second kappa shape index (κ2) is 5.77. The lowest BCUT2D eigenvalue weighted by Crippen LogP contribution is -2.25. The van der Waals surface area contributed by atoms with Gasteiger partial charge in [0.05, 0.1) is 22.5 Å². The molecule has 2 heterocycles. The zero-order chi connectivity index (χ0) is 13.0. The SMILES string of the molecule is CC(C)c1nc(CCNC(=O)c2cn[nH]c2)cs1. The van der Waals surface area contributed by atoms with E-state index in [1.165, 1.54) is 6.20 Å². The maximum atomic E-state index is 11.6. The van der Waals surface area contributed by atoms with Gasteiger partial charge in [0.25, 0.3) is 5.91 Å². The van der Waals surface area contributed by atoms with E-state index in [-0.39, 0.29) is 5.91 Å². The van der Waals surface area contributed by atoms with Crippen LogP contribution in [0.15, 0.2) is 17.8 Å². The number of carbonyl (C=O) groups is 1. The molecule has 0 atom stereocenters. The lowest BCUT2D eigenvalue weighted by atomic mass is 10.2. The Kier molecular flexibility index (Phi) is 4.09. The summed E-state index contributed by atoms with van der Waals surface area (Å²) >= 11 is 1.68. The number of aromatic amines is 1. The molecular weight excluding hydrogens is 248 g/mol. The van der Waals surface area contributed by atoms with Crippen LogP contribution >= 0.6 is 11.3 Å². The van der Waals surface area contributed by atoms with Crippen molar-refractivity contribution in [2.45, 2.75) is 26.2 Å². The van der Waals surface area contributed by atoms with Crippen molar-refractivity contribution < 1.29 is 4.79 Å². The molecule has 0 aliphatic heterocycles. The molecule has 2 aromatic rings. The molecule has 5 nitrogen and oxygen atoms in total. The number of rotatable bonds is 5. The quantitative estimate of drug-likeness (QED) is 0.867. The van der Waals surface area contributed by atoms with Crippen LogP contribution < -0.4 is 5.32 Å². The molecule has 2 rings (SSSR count). The van der Waals surface area contributed by atoms with Crippen LogP contribution in [0.4, 0.5) is 0 Å². The van der Waals surface area contributed by atoms with Gasteiger partial charge >= 0.3 is 0 Å². The van der Waals surface area contributed by atoms with Gasteiger partial charge in [-0.1, -0.05) is 13.8 Å². The summed E-state index contributed by atoms with van der Waals surface area (Å²) in [7, 11) is 0. The number of H-pyrrole nitrogens is 1. The molecule has 0 aromatic carbocycles. The summed E-state index contributed by atoms with van der Waals surface area (Å²) in [4.78, 5) is 16.1. The molecule has 0 aliphatic rings. The molecule has 0 spiro atoms. The van der Waals surface area contributed by atoms with Crippen molar-refractivity contribution >= 4 is 17.2 Å². The van der Waals surface area contributed by atoms with Crippen molar-refractivity contribution in [3.8, 4) is 0 Å². The molecule has 0 bridgehead atoms. The Morgan fingerprint density at radius 3 is 3.00 bits per heavy atom. The highest BCUT2D eigenvalue weighted by Gasteiger charge is 2.08. The molecule has 2 N–H and O–H groups in total. The highest BCUT2D eigenvalue weighted by molar-refractivity contribution is 7.09. The smallest absolute Gasteiger partial charge is 0.254 e. The number of nitrogens with one attached hydrogen (secondary N) is 2. The number of hydrogen-bond acceptors (Lipinski definition) is 4. The number of thiazole rings is 1. The van der Waals surface area contributed by atoms with E-state index in [2.05, 4.69) is 39.7 Å². The van der Waals surface area contributed by atoms with Gasteiger partial charge in [0.2, 0.25) is 0 Å². The first kappa shape index (κ1) is 12.8. The largest absolute Gasteiger partial charge is 0.352 e. The molecule has 0 saturated heterocycles. The predicted octanol–water partition coefficient (Wildman–Crippen LogP) is 1.96. The van der Waals surface area contributed by atoms with Crippen LogP contribution in [0.2, 0.25) is 0 Å². The van der Waals surface area contributed by atoms with Gasteiger partial charge in [-0.3, -0.25) is 9.89 Å². The molecule has 0 unspecified atom stereocenters. The fourth-order valence-electron chi connectivity index (χ4n) is 1.48. The molecule has 18 heavy (non-hydrogen) atoms. The zero-order valence-electron chi connectivity index (χ0n) is 10.4. The van der Waals surface area contributed by atoms with Crippen molar-refractivity contribution in [1.29, 1.82) is 0 Å². The molecule has 0 fully saturated rings. The number of hydrogen-bond donors (Lipinski definition) is 2. The van der Waals surface area contributed by atoms with Crippen molar-refractivity contribution in [1.82, 2.24) is 20.5 Å². The molecular formula is C12H16N4OS. The minimum Gasteiger partial charge on any atom is -0.352 e. The Bertz CT molecular complexity index is 504. The molecule has 0 radical (unpaired) electrons. The fourth-order valence-corrected chi connectivity index (χ4v) is 2.35. The van der Waals surface area contributed by atoms with Gasteiger partial charge in [-0.25, -0.2) is 4.98 Å². The third kappa shape index (κ3) is 3.16. The second-order valence-corrected chi connectivity index (χ2v) is 5.21. The van der Waals surface area contributed by atoms with Crippen LogP contribution in [0.5, 0.6) is 0 Å². The van der Waals surface area contributed by atoms with E-state index >= 15 is 0 Å². The number of carbonyl (C=O) groups excluding carboxylic acids is 1. The van der Waals surface area contributed by atoms with Crippen LogP contribution in [-0.4, -0.2) is 27.6 Å². The van der Waals surface area contributed by atoms with Gasteiger partial charge in [0.15, 0.2) is 0 Å². The van der Waals surface area contributed by atoms with Crippen LogP contribution in [0.3, 0.4) is 0 Å². The van der Waals surface area contributed by atoms with Crippen LogP contribution in [0.1, 0.15) is 40.8 Å². The minimum atomic E-state index is -0.108. The molecule has 0 aliphatic carbocycles. The van der Waals surface area contributed by atoms with Gasteiger partial charge in [0.1, 0.15) is 0 Å². The summed E-state index contributed by atoms with van der Waals surface area (Å²) in [6, 6.07) is 0. The number of aromatic nitrogens is 3. The van der Waals surface area contributed by atoms with Gasteiger partial charge in [-0.05, 0) is 0 Å². The second-order valence-electron chi connectivity index (χ2n) is 4.32. The predicted molar refractivity (Wildman–Crippen MR) is 70.8 cm³/mol. The summed E-state index contributed by atoms with van der Waals surface area (Å²) in [5.74, 6) is 0.354. The maximum Gasteiger partial charge on any atom is 0.254 e. The minimum absolute atomic E-state index is 0.108. The van der Waals surface area contributed by atoms with Crippen LogP contribution in [0.25, 0.3) is 0 Å². The van der Waals surface area contributed by atoms with E-state index < -0.39 is 0 Å². The van der Waals surface area contributed by atoms with E-state index in [1.54, 1.807) is 17.5 Å². The van der Waals surface area contributed by atoms with Crippen LogP contribution in [0, 0.1) is 0 Å². The summed E-state index contributed by atoms with van der Waals surface area (Å²) in [5, 5.41) is 12.4. The van der Waals surface area contributed by atoms with E-state index in [1.807, 2.05) is 0 Å². The fraction of sp³-hybridized carbons (Fsp3) is 0.417. The average Bonchev–Trinajstić information content (AvgIpc) is 3.00. The lowest BCUT2D eigenvalue weighted by molar-refractivity contribution is 0.0954. The highest BCUT2D eigenvalue weighted by Crippen LogP contribution is 2.19.